The molecule has 1 atom stereocenters. The van der Waals surface area contributed by atoms with E-state index < -0.39 is 23.7 Å². The van der Waals surface area contributed by atoms with E-state index in [-0.39, 0.29) is 13.0 Å². The number of para-hydroxylation sites is 4. The molecule has 0 saturated carbocycles. The van der Waals surface area contributed by atoms with E-state index in [0.29, 0.717) is 34.7 Å². The van der Waals surface area contributed by atoms with Gasteiger partial charge in [0, 0.05) is 12.1 Å². The maximum absolute atomic E-state index is 13.2. The van der Waals surface area contributed by atoms with Gasteiger partial charge in [0.25, 0.3) is 5.91 Å². The molecule has 1 aromatic heterocycles. The Morgan fingerprint density at radius 1 is 0.971 bits per heavy atom. The highest BCUT2D eigenvalue weighted by atomic mass is 16.5. The Hall–Kier alpha value is -4.33. The number of oxazole rings is 1. The average molecular weight is 460 g/mol. The molecule has 1 heterocycles. The van der Waals surface area contributed by atoms with E-state index in [2.05, 4.69) is 5.32 Å². The van der Waals surface area contributed by atoms with Crippen molar-refractivity contribution in [1.29, 1.82) is 0 Å². The number of esters is 1. The number of ether oxygens (including phenoxy) is 2. The molecule has 174 valence electrons. The summed E-state index contributed by atoms with van der Waals surface area (Å²) in [7, 11) is 0. The summed E-state index contributed by atoms with van der Waals surface area (Å²) in [6.45, 7) is 2.35. The number of nitrogens with zero attached hydrogens (tertiary/aromatic N) is 1. The van der Waals surface area contributed by atoms with Gasteiger partial charge in [-0.25, -0.2) is 4.79 Å². The predicted octanol–water partition coefficient (Wildman–Crippen LogP) is 4.31. The number of nitrogens with one attached hydrogen (secondary N) is 1. The molecule has 1 N–H and O–H groups in total. The number of carbonyl (C=O) groups is 2. The lowest BCUT2D eigenvalue weighted by atomic mass is 10.1. The fraction of sp³-hybridized carbons (Fsp3) is 0.192. The zero-order valence-electron chi connectivity index (χ0n) is 18.6. The zero-order valence-corrected chi connectivity index (χ0v) is 18.6. The second-order valence-corrected chi connectivity index (χ2v) is 7.44. The number of anilines is 1. The van der Waals surface area contributed by atoms with Gasteiger partial charge in [0.15, 0.2) is 5.58 Å². The molecule has 0 aliphatic rings. The number of aromatic nitrogens is 1. The number of aryl methyl sites for hydroxylation is 1. The van der Waals surface area contributed by atoms with Crippen molar-refractivity contribution in [2.45, 2.75) is 26.0 Å². The van der Waals surface area contributed by atoms with E-state index in [1.54, 1.807) is 78.9 Å². The quantitative estimate of drug-likeness (QED) is 0.374. The molecule has 4 aromatic rings. The number of hydrogen-bond acceptors (Lipinski definition) is 6. The van der Waals surface area contributed by atoms with E-state index >= 15 is 0 Å². The van der Waals surface area contributed by atoms with Crippen molar-refractivity contribution in [3.63, 3.8) is 0 Å². The Morgan fingerprint density at radius 2 is 1.68 bits per heavy atom. The minimum atomic E-state index is -1.18. The number of amides is 1. The Labute approximate surface area is 195 Å². The fourth-order valence-electron chi connectivity index (χ4n) is 3.57. The topological polar surface area (TPSA) is 99.8 Å². The number of hydrogen-bond donors (Lipinski definition) is 1. The van der Waals surface area contributed by atoms with Crippen LogP contribution >= 0.6 is 0 Å². The first-order chi connectivity index (χ1) is 16.6. The monoisotopic (exact) mass is 460 g/mol. The Bertz CT molecular complexity index is 1340. The van der Waals surface area contributed by atoms with E-state index in [9.17, 15) is 14.4 Å². The summed E-state index contributed by atoms with van der Waals surface area (Å²) in [5.41, 5.74) is 2.02. The highest BCUT2D eigenvalue weighted by Crippen LogP contribution is 2.27. The molecule has 0 aliphatic carbocycles. The number of benzene rings is 3. The summed E-state index contributed by atoms with van der Waals surface area (Å²) in [5.74, 6) is -1.18. The second kappa shape index (κ2) is 10.5. The largest absolute Gasteiger partial charge is 0.492 e. The van der Waals surface area contributed by atoms with E-state index in [4.69, 9.17) is 13.9 Å². The van der Waals surface area contributed by atoms with Crippen LogP contribution in [0.1, 0.15) is 25.0 Å². The summed E-state index contributed by atoms with van der Waals surface area (Å²) in [6, 6.07) is 22.7. The molecule has 0 spiro atoms. The molecule has 1 unspecified atom stereocenters. The van der Waals surface area contributed by atoms with Crippen LogP contribution in [-0.4, -0.2) is 23.1 Å². The van der Waals surface area contributed by atoms with Crippen molar-refractivity contribution < 1.29 is 23.5 Å². The summed E-state index contributed by atoms with van der Waals surface area (Å²) in [4.78, 5) is 38.0. The Balaban J connectivity index is 1.50. The predicted molar refractivity (Wildman–Crippen MR) is 127 cm³/mol. The molecule has 4 rings (SSSR count). The number of rotatable bonds is 9. The lowest BCUT2D eigenvalue weighted by Crippen LogP contribution is -2.27. The first kappa shape index (κ1) is 22.8. The molecule has 1 amide bonds. The standard InChI is InChI=1S/C26H24N2O6/c1-2-32-21-14-8-6-12-19(21)27-25(30)24(18-10-4-3-5-11-18)34-23(29)16-17-28-20-13-7-9-15-22(20)33-26(28)31/h3-15,24H,2,16-17H2,1H3,(H,27,30). The van der Waals surface area contributed by atoms with Gasteiger partial charge in [-0.15, -0.1) is 0 Å². The van der Waals surface area contributed by atoms with Crippen LogP contribution in [0, 0.1) is 0 Å². The highest BCUT2D eigenvalue weighted by Gasteiger charge is 2.26. The molecule has 0 saturated heterocycles. The third-order valence-electron chi connectivity index (χ3n) is 5.15. The van der Waals surface area contributed by atoms with E-state index in [0.717, 1.165) is 0 Å². The van der Waals surface area contributed by atoms with Crippen molar-refractivity contribution in [1.82, 2.24) is 4.57 Å². The third-order valence-corrected chi connectivity index (χ3v) is 5.15. The minimum Gasteiger partial charge on any atom is -0.492 e. The van der Waals surface area contributed by atoms with Gasteiger partial charge in [0.05, 0.1) is 24.2 Å². The molecular formula is C26H24N2O6. The normalized spacial score (nSPS) is 11.7. The van der Waals surface area contributed by atoms with E-state index in [1.165, 1.54) is 4.57 Å². The van der Waals surface area contributed by atoms with Crippen molar-refractivity contribution in [3.8, 4) is 5.75 Å². The highest BCUT2D eigenvalue weighted by molar-refractivity contribution is 5.97. The average Bonchev–Trinajstić information content (AvgIpc) is 3.18. The molecule has 34 heavy (non-hydrogen) atoms. The second-order valence-electron chi connectivity index (χ2n) is 7.44. The SMILES string of the molecule is CCOc1ccccc1NC(=O)C(OC(=O)CCn1c(=O)oc2ccccc21)c1ccccc1. The van der Waals surface area contributed by atoms with Gasteiger partial charge in [-0.3, -0.25) is 14.2 Å². The maximum Gasteiger partial charge on any atom is 0.419 e. The molecule has 8 heteroatoms. The third kappa shape index (κ3) is 5.17. The van der Waals surface area contributed by atoms with Crippen molar-refractivity contribution in [2.24, 2.45) is 0 Å². The van der Waals surface area contributed by atoms with E-state index in [1.807, 2.05) is 6.92 Å². The molecule has 8 nitrogen and oxygen atoms in total. The van der Waals surface area contributed by atoms with Crippen molar-refractivity contribution >= 4 is 28.7 Å². The molecular weight excluding hydrogens is 436 g/mol. The smallest absolute Gasteiger partial charge is 0.419 e. The molecule has 0 bridgehead atoms. The van der Waals surface area contributed by atoms with Crippen LogP contribution in [0.25, 0.3) is 11.1 Å². The van der Waals surface area contributed by atoms with Gasteiger partial charge >= 0.3 is 11.7 Å². The lowest BCUT2D eigenvalue weighted by molar-refractivity contribution is -0.155. The van der Waals surface area contributed by atoms with Crippen LogP contribution in [0.2, 0.25) is 0 Å². The van der Waals surface area contributed by atoms with Crippen LogP contribution in [0.15, 0.2) is 88.1 Å². The number of carbonyl (C=O) groups excluding carboxylic acids is 2. The fourth-order valence-corrected chi connectivity index (χ4v) is 3.57. The van der Waals surface area contributed by atoms with Gasteiger partial charge in [-0.05, 0) is 31.2 Å². The summed E-state index contributed by atoms with van der Waals surface area (Å²) >= 11 is 0. The molecule has 3 aromatic carbocycles. The van der Waals surface area contributed by atoms with Crippen LogP contribution in [0.3, 0.4) is 0 Å². The van der Waals surface area contributed by atoms with Crippen molar-refractivity contribution in [2.75, 3.05) is 11.9 Å². The first-order valence-corrected chi connectivity index (χ1v) is 10.9. The summed E-state index contributed by atoms with van der Waals surface area (Å²) in [5, 5.41) is 2.79. The summed E-state index contributed by atoms with van der Waals surface area (Å²) < 4.78 is 17.7. The maximum atomic E-state index is 13.2. The van der Waals surface area contributed by atoms with Crippen LogP contribution in [-0.2, 0) is 20.9 Å². The van der Waals surface area contributed by atoms with Gasteiger partial charge in [-0.2, -0.15) is 0 Å². The Kier molecular flexibility index (Phi) is 7.07. The molecule has 0 fully saturated rings. The van der Waals surface area contributed by atoms with Crippen LogP contribution in [0.5, 0.6) is 5.75 Å². The number of fused-ring (bicyclic) bond motifs is 1. The molecule has 0 radical (unpaired) electrons. The lowest BCUT2D eigenvalue weighted by Gasteiger charge is -2.19. The molecule has 0 aliphatic heterocycles. The minimum absolute atomic E-state index is 0.0605. The Morgan fingerprint density at radius 3 is 2.47 bits per heavy atom. The van der Waals surface area contributed by atoms with Crippen LogP contribution in [0.4, 0.5) is 5.69 Å². The van der Waals surface area contributed by atoms with Gasteiger partial charge in [0.2, 0.25) is 6.10 Å². The van der Waals surface area contributed by atoms with Gasteiger partial charge in [0.1, 0.15) is 5.75 Å². The van der Waals surface area contributed by atoms with Gasteiger partial charge in [-0.1, -0.05) is 54.6 Å². The summed E-state index contributed by atoms with van der Waals surface area (Å²) in [6.07, 6.45) is -1.29. The first-order valence-electron chi connectivity index (χ1n) is 10.9. The zero-order chi connectivity index (χ0) is 23.9. The van der Waals surface area contributed by atoms with Gasteiger partial charge < -0.3 is 19.2 Å². The van der Waals surface area contributed by atoms with Crippen molar-refractivity contribution in [3.05, 3.63) is 95.0 Å². The van der Waals surface area contributed by atoms with Crippen LogP contribution < -0.4 is 15.8 Å².